The lowest BCUT2D eigenvalue weighted by Gasteiger charge is -2.28. The Bertz CT molecular complexity index is 272. The zero-order valence-electron chi connectivity index (χ0n) is 12.3. The highest BCUT2D eigenvalue weighted by molar-refractivity contribution is 5.89. The van der Waals surface area contributed by atoms with Crippen molar-refractivity contribution in [1.82, 2.24) is 4.90 Å². The summed E-state index contributed by atoms with van der Waals surface area (Å²) in [4.78, 5) is 2.56. The van der Waals surface area contributed by atoms with Crippen molar-refractivity contribution < 1.29 is 5.21 Å². The summed E-state index contributed by atoms with van der Waals surface area (Å²) < 4.78 is 0. The highest BCUT2D eigenvalue weighted by atomic mass is 16.4. The van der Waals surface area contributed by atoms with E-state index in [1.54, 1.807) is 0 Å². The van der Waals surface area contributed by atoms with Crippen LogP contribution in [0, 0.1) is 0 Å². The largest absolute Gasteiger partial charge is 0.411 e. The summed E-state index contributed by atoms with van der Waals surface area (Å²) in [5.74, 6) is 0. The lowest BCUT2D eigenvalue weighted by molar-refractivity contribution is 0.261. The minimum absolute atomic E-state index is 0.423. The van der Waals surface area contributed by atoms with Crippen molar-refractivity contribution in [1.29, 1.82) is 0 Å². The first kappa shape index (κ1) is 14.8. The van der Waals surface area contributed by atoms with Crippen LogP contribution in [-0.4, -0.2) is 35.0 Å². The van der Waals surface area contributed by atoms with E-state index in [1.165, 1.54) is 83.7 Å². The molecule has 2 aliphatic rings. The van der Waals surface area contributed by atoms with Crippen molar-refractivity contribution in [2.24, 2.45) is 5.16 Å². The molecule has 0 aromatic carbocycles. The van der Waals surface area contributed by atoms with E-state index in [-0.39, 0.29) is 0 Å². The molecule has 110 valence electrons. The van der Waals surface area contributed by atoms with Crippen molar-refractivity contribution in [3.8, 4) is 0 Å². The molecule has 0 aromatic rings. The molecule has 3 heteroatoms. The quantitative estimate of drug-likeness (QED) is 0.570. The van der Waals surface area contributed by atoms with Crippen LogP contribution in [0.2, 0.25) is 0 Å². The lowest BCUT2D eigenvalue weighted by atomic mass is 9.95. The Hall–Kier alpha value is -0.570. The van der Waals surface area contributed by atoms with Gasteiger partial charge in [-0.3, -0.25) is 4.90 Å². The first-order valence-electron chi connectivity index (χ1n) is 8.36. The summed E-state index contributed by atoms with van der Waals surface area (Å²) in [7, 11) is 0. The number of likely N-dealkylation sites (tertiary alicyclic amines) is 1. The minimum atomic E-state index is 0.423. The summed E-state index contributed by atoms with van der Waals surface area (Å²) >= 11 is 0. The molecular formula is C16H30N2O. The van der Waals surface area contributed by atoms with Gasteiger partial charge in [-0.05, 0) is 45.2 Å². The van der Waals surface area contributed by atoms with Crippen molar-refractivity contribution in [3.05, 3.63) is 0 Å². The first-order valence-corrected chi connectivity index (χ1v) is 8.36. The van der Waals surface area contributed by atoms with Gasteiger partial charge in [-0.1, -0.05) is 50.1 Å². The molecule has 1 N–H and O–H groups in total. The van der Waals surface area contributed by atoms with Gasteiger partial charge in [-0.15, -0.1) is 0 Å². The van der Waals surface area contributed by atoms with Crippen molar-refractivity contribution in [2.45, 2.75) is 83.1 Å². The van der Waals surface area contributed by atoms with Gasteiger partial charge in [0.15, 0.2) is 0 Å². The minimum Gasteiger partial charge on any atom is -0.411 e. The number of oxime groups is 1. The van der Waals surface area contributed by atoms with E-state index in [2.05, 4.69) is 10.1 Å². The average Bonchev–Trinajstić information content (AvgIpc) is 2.93. The van der Waals surface area contributed by atoms with Crippen LogP contribution in [0.15, 0.2) is 5.16 Å². The third-order valence-electron chi connectivity index (χ3n) is 4.75. The van der Waals surface area contributed by atoms with Crippen LogP contribution in [0.1, 0.15) is 77.0 Å². The zero-order valence-corrected chi connectivity index (χ0v) is 12.3. The van der Waals surface area contributed by atoms with Crippen molar-refractivity contribution >= 4 is 5.71 Å². The fourth-order valence-electron chi connectivity index (χ4n) is 3.60. The van der Waals surface area contributed by atoms with Gasteiger partial charge < -0.3 is 5.21 Å². The van der Waals surface area contributed by atoms with Crippen LogP contribution in [0.25, 0.3) is 0 Å². The molecule has 0 unspecified atom stereocenters. The second-order valence-corrected chi connectivity index (χ2v) is 6.22. The van der Waals surface area contributed by atoms with Crippen LogP contribution < -0.4 is 0 Å². The second kappa shape index (κ2) is 8.57. The summed E-state index contributed by atoms with van der Waals surface area (Å²) in [5, 5.41) is 13.1. The Morgan fingerprint density at radius 1 is 0.789 bits per heavy atom. The molecule has 2 fully saturated rings. The predicted molar refractivity (Wildman–Crippen MR) is 80.0 cm³/mol. The Labute approximate surface area is 118 Å². The van der Waals surface area contributed by atoms with E-state index < -0.39 is 0 Å². The molecule has 2 rings (SSSR count). The monoisotopic (exact) mass is 266 g/mol. The molecule has 0 spiro atoms. The van der Waals surface area contributed by atoms with Gasteiger partial charge in [0.25, 0.3) is 0 Å². The maximum Gasteiger partial charge on any atom is 0.0742 e. The van der Waals surface area contributed by atoms with Crippen LogP contribution in [0.3, 0.4) is 0 Å². The third-order valence-corrected chi connectivity index (χ3v) is 4.75. The highest BCUT2D eigenvalue weighted by Gasteiger charge is 2.26. The third kappa shape index (κ3) is 4.79. The molecule has 1 aliphatic heterocycles. The zero-order chi connectivity index (χ0) is 13.3. The molecule has 1 saturated heterocycles. The average molecular weight is 266 g/mol. The van der Waals surface area contributed by atoms with Crippen LogP contribution in [0.4, 0.5) is 0 Å². The van der Waals surface area contributed by atoms with Gasteiger partial charge in [0.05, 0.1) is 11.8 Å². The molecule has 0 amide bonds. The highest BCUT2D eigenvalue weighted by Crippen LogP contribution is 2.22. The van der Waals surface area contributed by atoms with E-state index in [0.717, 1.165) is 12.1 Å². The smallest absolute Gasteiger partial charge is 0.0742 e. The second-order valence-electron chi connectivity index (χ2n) is 6.22. The van der Waals surface area contributed by atoms with Crippen LogP contribution in [0.5, 0.6) is 0 Å². The molecule has 1 aliphatic carbocycles. The number of hydrogen-bond acceptors (Lipinski definition) is 3. The van der Waals surface area contributed by atoms with E-state index in [0.29, 0.717) is 6.04 Å². The molecule has 0 bridgehead atoms. The fourth-order valence-corrected chi connectivity index (χ4v) is 3.60. The molecule has 0 radical (unpaired) electrons. The van der Waals surface area contributed by atoms with E-state index in [1.807, 2.05) is 0 Å². The topological polar surface area (TPSA) is 35.8 Å². The molecule has 1 heterocycles. The van der Waals surface area contributed by atoms with Crippen molar-refractivity contribution in [3.63, 3.8) is 0 Å². The van der Waals surface area contributed by atoms with E-state index in [4.69, 9.17) is 0 Å². The molecular weight excluding hydrogens is 236 g/mol. The van der Waals surface area contributed by atoms with Gasteiger partial charge >= 0.3 is 0 Å². The summed E-state index contributed by atoms with van der Waals surface area (Å²) in [6.07, 6.45) is 15.5. The Kier molecular flexibility index (Phi) is 6.69. The van der Waals surface area contributed by atoms with Crippen LogP contribution >= 0.6 is 0 Å². The van der Waals surface area contributed by atoms with Gasteiger partial charge in [-0.2, -0.15) is 0 Å². The van der Waals surface area contributed by atoms with Gasteiger partial charge in [0, 0.05) is 0 Å². The predicted octanol–water partition coefficient (Wildman–Crippen LogP) is 4.20. The number of nitrogens with zero attached hydrogens (tertiary/aromatic N) is 2. The molecule has 1 atom stereocenters. The fraction of sp³-hybridized carbons (Fsp3) is 0.938. The Morgan fingerprint density at radius 3 is 2.00 bits per heavy atom. The molecule has 1 saturated carbocycles. The maximum absolute atomic E-state index is 9.39. The summed E-state index contributed by atoms with van der Waals surface area (Å²) in [6, 6.07) is 0.423. The lowest BCUT2D eigenvalue weighted by Crippen LogP contribution is -2.39. The van der Waals surface area contributed by atoms with Gasteiger partial charge in [-0.25, -0.2) is 0 Å². The van der Waals surface area contributed by atoms with E-state index >= 15 is 0 Å². The van der Waals surface area contributed by atoms with Gasteiger partial charge in [0.2, 0.25) is 0 Å². The van der Waals surface area contributed by atoms with Crippen LogP contribution in [-0.2, 0) is 0 Å². The summed E-state index contributed by atoms with van der Waals surface area (Å²) in [5.41, 5.74) is 1.06. The first-order chi connectivity index (χ1) is 9.42. The SMILES string of the molecule is O/N=C1\CCCCCCCCCC[C@H]1N1CCCC1. The van der Waals surface area contributed by atoms with Gasteiger partial charge in [0.1, 0.15) is 0 Å². The molecule has 19 heavy (non-hydrogen) atoms. The number of rotatable bonds is 1. The van der Waals surface area contributed by atoms with Crippen molar-refractivity contribution in [2.75, 3.05) is 13.1 Å². The Morgan fingerprint density at radius 2 is 1.37 bits per heavy atom. The number of hydrogen-bond donors (Lipinski definition) is 1. The van der Waals surface area contributed by atoms with E-state index in [9.17, 15) is 5.21 Å². The normalized spacial score (nSPS) is 30.9. The Balaban J connectivity index is 1.95. The maximum atomic E-state index is 9.39. The molecule has 0 aromatic heterocycles. The summed E-state index contributed by atoms with van der Waals surface area (Å²) in [6.45, 7) is 2.40. The molecule has 3 nitrogen and oxygen atoms in total. The standard InChI is InChI=1S/C16H30N2O/c19-17-15-11-7-5-3-1-2-4-6-8-12-16(15)18-13-9-10-14-18/h16,19H,1-14H2/b17-15+/t16-/m1/s1.